The minimum atomic E-state index is -1.03. The van der Waals surface area contributed by atoms with Gasteiger partial charge in [0.05, 0.1) is 11.3 Å². The molecule has 1 fully saturated rings. The summed E-state index contributed by atoms with van der Waals surface area (Å²) < 4.78 is 0. The second-order valence-electron chi connectivity index (χ2n) is 8.05. The Morgan fingerprint density at radius 2 is 1.60 bits per heavy atom. The fraction of sp³-hybridized carbons (Fsp3) is 0.185. The van der Waals surface area contributed by atoms with Crippen molar-refractivity contribution in [3.8, 4) is 0 Å². The Morgan fingerprint density at radius 3 is 2.26 bits per heavy atom. The van der Waals surface area contributed by atoms with Crippen LogP contribution in [0.2, 0.25) is 0 Å². The van der Waals surface area contributed by atoms with Gasteiger partial charge in [-0.05, 0) is 54.8 Å². The number of aliphatic imine (C=N–C) groups is 1. The second-order valence-corrected chi connectivity index (χ2v) is 9.22. The van der Waals surface area contributed by atoms with Crippen LogP contribution >= 0.6 is 11.8 Å². The summed E-state index contributed by atoms with van der Waals surface area (Å²) in [6, 6.07) is 25.5. The molecule has 0 spiro atoms. The first-order valence-corrected chi connectivity index (χ1v) is 12.2. The van der Waals surface area contributed by atoms with Crippen molar-refractivity contribution in [3.63, 3.8) is 0 Å². The number of carboxylic acid groups (broad SMARTS) is 1. The van der Waals surface area contributed by atoms with Crippen molar-refractivity contribution in [1.82, 2.24) is 4.90 Å². The van der Waals surface area contributed by atoms with Gasteiger partial charge in [-0.2, -0.15) is 0 Å². The number of hydrogen-bond acceptors (Lipinski definition) is 5. The maximum atomic E-state index is 13.2. The summed E-state index contributed by atoms with van der Waals surface area (Å²) in [6.07, 6.45) is 1.61. The minimum absolute atomic E-state index is 0.00677. The summed E-state index contributed by atoms with van der Waals surface area (Å²) in [5.74, 6) is -1.48. The van der Waals surface area contributed by atoms with Crippen LogP contribution in [0, 0.1) is 0 Å². The molecule has 0 aliphatic carbocycles. The molecule has 1 heterocycles. The molecule has 4 rings (SSSR count). The summed E-state index contributed by atoms with van der Waals surface area (Å²) in [7, 11) is 0. The van der Waals surface area contributed by atoms with Crippen molar-refractivity contribution in [2.24, 2.45) is 4.99 Å². The molecule has 7 nitrogen and oxygen atoms in total. The number of aromatic carboxylic acids is 1. The molecule has 0 aromatic heterocycles. The number of anilines is 1. The number of amidine groups is 1. The molecule has 2 N–H and O–H groups in total. The van der Waals surface area contributed by atoms with Gasteiger partial charge in [-0.3, -0.25) is 14.5 Å². The number of nitrogens with zero attached hydrogens (tertiary/aromatic N) is 2. The largest absolute Gasteiger partial charge is 0.478 e. The topological polar surface area (TPSA) is 99.1 Å². The van der Waals surface area contributed by atoms with Gasteiger partial charge >= 0.3 is 5.97 Å². The number of para-hydroxylation sites is 1. The van der Waals surface area contributed by atoms with Crippen molar-refractivity contribution in [1.29, 1.82) is 0 Å². The highest BCUT2D eigenvalue weighted by Gasteiger charge is 2.38. The Hall–Kier alpha value is -3.91. The number of amides is 2. The summed E-state index contributed by atoms with van der Waals surface area (Å²) in [5, 5.41) is 11.8. The third kappa shape index (κ3) is 6.58. The van der Waals surface area contributed by atoms with E-state index in [0.29, 0.717) is 17.4 Å². The van der Waals surface area contributed by atoms with Gasteiger partial charge in [0, 0.05) is 18.7 Å². The summed E-state index contributed by atoms with van der Waals surface area (Å²) in [4.78, 5) is 43.3. The SMILES string of the molecule is O=C(C[C@@H]1SC(=Nc2ccccc2)N(CCCc2ccccc2)C1=O)Nc1ccc(C(=O)O)cc1. The Balaban J connectivity index is 1.43. The van der Waals surface area contributed by atoms with Gasteiger partial charge in [0.25, 0.3) is 0 Å². The highest BCUT2D eigenvalue weighted by Crippen LogP contribution is 2.32. The van der Waals surface area contributed by atoms with Gasteiger partial charge in [0.15, 0.2) is 5.17 Å². The monoisotopic (exact) mass is 487 g/mol. The van der Waals surface area contributed by atoms with Crippen molar-refractivity contribution in [2.75, 3.05) is 11.9 Å². The average Bonchev–Trinajstić information content (AvgIpc) is 3.14. The standard InChI is InChI=1S/C27H25N3O4S/c31-24(28-22-15-13-20(14-16-22)26(33)34)18-23-25(32)30(17-7-10-19-8-3-1-4-9-19)27(35-23)29-21-11-5-2-6-12-21/h1-6,8-9,11-16,23H,7,10,17-18H2,(H,28,31)(H,33,34)/t23-/m0/s1. The number of benzene rings is 3. The fourth-order valence-electron chi connectivity index (χ4n) is 3.71. The van der Waals surface area contributed by atoms with E-state index in [0.717, 1.165) is 18.5 Å². The zero-order valence-corrected chi connectivity index (χ0v) is 19.8. The van der Waals surface area contributed by atoms with Gasteiger partial charge in [0.1, 0.15) is 5.25 Å². The quantitative estimate of drug-likeness (QED) is 0.444. The molecular formula is C27H25N3O4S. The zero-order valence-electron chi connectivity index (χ0n) is 19.0. The van der Waals surface area contributed by atoms with Crippen molar-refractivity contribution >= 4 is 46.1 Å². The van der Waals surface area contributed by atoms with Crippen molar-refractivity contribution in [3.05, 3.63) is 96.1 Å². The van der Waals surface area contributed by atoms with Gasteiger partial charge < -0.3 is 10.4 Å². The molecule has 178 valence electrons. The third-order valence-corrected chi connectivity index (χ3v) is 6.65. The molecule has 0 radical (unpaired) electrons. The van der Waals surface area contributed by atoms with E-state index in [1.165, 1.54) is 41.6 Å². The van der Waals surface area contributed by atoms with E-state index in [-0.39, 0.29) is 23.8 Å². The molecule has 35 heavy (non-hydrogen) atoms. The smallest absolute Gasteiger partial charge is 0.335 e. The Bertz CT molecular complexity index is 1210. The molecule has 1 saturated heterocycles. The highest BCUT2D eigenvalue weighted by molar-refractivity contribution is 8.15. The average molecular weight is 488 g/mol. The predicted molar refractivity (Wildman–Crippen MR) is 138 cm³/mol. The van der Waals surface area contributed by atoms with Crippen LogP contribution in [0.3, 0.4) is 0 Å². The number of carbonyl (C=O) groups is 3. The van der Waals surface area contributed by atoms with Crippen LogP contribution in [-0.2, 0) is 16.0 Å². The van der Waals surface area contributed by atoms with E-state index in [2.05, 4.69) is 22.4 Å². The van der Waals surface area contributed by atoms with Crippen molar-refractivity contribution < 1.29 is 19.5 Å². The van der Waals surface area contributed by atoms with Crippen molar-refractivity contribution in [2.45, 2.75) is 24.5 Å². The Kier molecular flexibility index (Phi) is 7.95. The van der Waals surface area contributed by atoms with Crippen LogP contribution in [0.5, 0.6) is 0 Å². The number of thioether (sulfide) groups is 1. The molecule has 0 unspecified atom stereocenters. The normalized spacial score (nSPS) is 16.5. The lowest BCUT2D eigenvalue weighted by Crippen LogP contribution is -2.34. The van der Waals surface area contributed by atoms with Crippen LogP contribution < -0.4 is 5.32 Å². The minimum Gasteiger partial charge on any atom is -0.478 e. The van der Waals surface area contributed by atoms with E-state index >= 15 is 0 Å². The molecule has 1 aliphatic heterocycles. The molecule has 8 heteroatoms. The van der Waals surface area contributed by atoms with E-state index in [4.69, 9.17) is 5.11 Å². The molecule has 1 aliphatic rings. The van der Waals surface area contributed by atoms with Crippen LogP contribution in [-0.4, -0.2) is 44.8 Å². The zero-order chi connectivity index (χ0) is 24.6. The summed E-state index contributed by atoms with van der Waals surface area (Å²) in [5.41, 5.74) is 2.57. The van der Waals surface area contributed by atoms with Crippen LogP contribution in [0.25, 0.3) is 0 Å². The summed E-state index contributed by atoms with van der Waals surface area (Å²) in [6.45, 7) is 0.515. The number of carboxylic acids is 1. The third-order valence-electron chi connectivity index (χ3n) is 5.48. The van der Waals surface area contributed by atoms with Crippen LogP contribution in [0.4, 0.5) is 11.4 Å². The number of rotatable bonds is 9. The Morgan fingerprint density at radius 1 is 0.943 bits per heavy atom. The number of carbonyl (C=O) groups excluding carboxylic acids is 2. The molecule has 0 saturated carbocycles. The highest BCUT2D eigenvalue weighted by atomic mass is 32.2. The van der Waals surface area contributed by atoms with Gasteiger partial charge in [0.2, 0.25) is 11.8 Å². The number of hydrogen-bond donors (Lipinski definition) is 2. The van der Waals surface area contributed by atoms with Crippen LogP contribution in [0.1, 0.15) is 28.8 Å². The van der Waals surface area contributed by atoms with E-state index in [9.17, 15) is 14.4 Å². The first kappa shape index (κ1) is 24.2. The lowest BCUT2D eigenvalue weighted by Gasteiger charge is -2.16. The molecule has 1 atom stereocenters. The fourth-order valence-corrected chi connectivity index (χ4v) is 4.89. The molecule has 0 bridgehead atoms. The van der Waals surface area contributed by atoms with Gasteiger partial charge in [-0.15, -0.1) is 0 Å². The number of nitrogens with one attached hydrogen (secondary N) is 1. The molecule has 2 amide bonds. The molecular weight excluding hydrogens is 462 g/mol. The molecule has 3 aromatic carbocycles. The van der Waals surface area contributed by atoms with E-state index in [1.54, 1.807) is 4.90 Å². The second kappa shape index (κ2) is 11.5. The first-order chi connectivity index (χ1) is 17.0. The van der Waals surface area contributed by atoms with Gasteiger partial charge in [-0.25, -0.2) is 9.79 Å². The maximum Gasteiger partial charge on any atom is 0.335 e. The Labute approximate surface area is 207 Å². The summed E-state index contributed by atoms with van der Waals surface area (Å²) >= 11 is 1.30. The maximum absolute atomic E-state index is 13.2. The lowest BCUT2D eigenvalue weighted by atomic mass is 10.1. The first-order valence-electron chi connectivity index (χ1n) is 11.3. The predicted octanol–water partition coefficient (Wildman–Crippen LogP) is 4.98. The van der Waals surface area contributed by atoms with E-state index in [1.807, 2.05) is 48.5 Å². The van der Waals surface area contributed by atoms with Crippen LogP contribution in [0.15, 0.2) is 89.9 Å². The van der Waals surface area contributed by atoms with E-state index < -0.39 is 11.2 Å². The lowest BCUT2D eigenvalue weighted by molar-refractivity contribution is -0.128. The number of aryl methyl sites for hydroxylation is 1. The molecule has 3 aromatic rings. The van der Waals surface area contributed by atoms with Gasteiger partial charge in [-0.1, -0.05) is 60.3 Å².